The van der Waals surface area contributed by atoms with Crippen LogP contribution in [0.2, 0.25) is 0 Å². The van der Waals surface area contributed by atoms with Crippen LogP contribution in [-0.4, -0.2) is 52.6 Å². The van der Waals surface area contributed by atoms with E-state index in [0.717, 1.165) is 43.2 Å². The van der Waals surface area contributed by atoms with E-state index in [9.17, 15) is 9.18 Å². The Labute approximate surface area is 197 Å². The van der Waals surface area contributed by atoms with Crippen molar-refractivity contribution in [3.63, 3.8) is 0 Å². The molecule has 3 aromatic heterocycles. The summed E-state index contributed by atoms with van der Waals surface area (Å²) in [7, 11) is 0. The van der Waals surface area contributed by atoms with E-state index in [1.807, 2.05) is 6.92 Å². The number of aryl methyl sites for hydroxylation is 1. The molecule has 8 nitrogen and oxygen atoms in total. The first kappa shape index (κ1) is 21.9. The summed E-state index contributed by atoms with van der Waals surface area (Å²) in [6.45, 7) is 5.28. The minimum Gasteiger partial charge on any atom is -0.368 e. The van der Waals surface area contributed by atoms with E-state index in [1.165, 1.54) is 24.6 Å². The summed E-state index contributed by atoms with van der Waals surface area (Å²) in [4.78, 5) is 25.9. The number of imidazole rings is 1. The number of carbonyl (C=O) groups is 1. The van der Waals surface area contributed by atoms with Crippen LogP contribution in [0.3, 0.4) is 0 Å². The van der Waals surface area contributed by atoms with Gasteiger partial charge in [0.15, 0.2) is 5.82 Å². The topological polar surface area (TPSA) is 77.8 Å². The quantitative estimate of drug-likeness (QED) is 0.612. The van der Waals surface area contributed by atoms with Gasteiger partial charge in [0, 0.05) is 68.1 Å². The minimum absolute atomic E-state index is 0. The fraction of sp³-hybridized carbons (Fsp3) is 0.435. The molecule has 174 valence electrons. The Kier molecular flexibility index (Phi) is 5.62. The molecule has 1 saturated heterocycles. The lowest BCUT2D eigenvalue weighted by Crippen LogP contribution is -2.52. The van der Waals surface area contributed by atoms with Gasteiger partial charge in [-0.25, -0.2) is 19.2 Å². The van der Waals surface area contributed by atoms with Crippen molar-refractivity contribution < 1.29 is 9.18 Å². The van der Waals surface area contributed by atoms with E-state index in [1.54, 1.807) is 27.9 Å². The number of hydrogen-bond acceptors (Lipinski definition) is 5. The van der Waals surface area contributed by atoms with E-state index >= 15 is 0 Å². The Morgan fingerprint density at radius 1 is 1.27 bits per heavy atom. The number of aromatic nitrogens is 3. The third-order valence-corrected chi connectivity index (χ3v) is 6.74. The van der Waals surface area contributed by atoms with Crippen molar-refractivity contribution in [2.24, 2.45) is 5.92 Å². The highest BCUT2D eigenvalue weighted by Gasteiger charge is 2.36. The molecule has 1 saturated carbocycles. The number of hydrogen-bond donors (Lipinski definition) is 2. The van der Waals surface area contributed by atoms with Crippen LogP contribution in [0, 0.1) is 18.7 Å². The van der Waals surface area contributed by atoms with Crippen molar-refractivity contribution in [2.75, 3.05) is 41.3 Å². The number of nitrogens with zero attached hydrogens (tertiary/aromatic N) is 5. The number of rotatable bonds is 3. The summed E-state index contributed by atoms with van der Waals surface area (Å²) in [5.41, 5.74) is 3.68. The van der Waals surface area contributed by atoms with Gasteiger partial charge in [-0.3, -0.25) is 4.90 Å². The van der Waals surface area contributed by atoms with Crippen LogP contribution >= 0.6 is 12.4 Å². The van der Waals surface area contributed by atoms with Crippen LogP contribution in [0.15, 0.2) is 30.7 Å². The summed E-state index contributed by atoms with van der Waals surface area (Å²) < 4.78 is 16.3. The predicted octanol–water partition coefficient (Wildman–Crippen LogP) is 3.38. The van der Waals surface area contributed by atoms with Gasteiger partial charge in [-0.15, -0.1) is 12.4 Å². The van der Waals surface area contributed by atoms with Crippen molar-refractivity contribution in [3.8, 4) is 0 Å². The van der Waals surface area contributed by atoms with E-state index in [0.29, 0.717) is 24.1 Å². The van der Waals surface area contributed by atoms with Gasteiger partial charge in [0.05, 0.1) is 11.4 Å². The lowest BCUT2D eigenvalue weighted by Gasteiger charge is -2.36. The van der Waals surface area contributed by atoms with Crippen LogP contribution in [0.5, 0.6) is 0 Å². The maximum Gasteiger partial charge on any atom is 0.327 e. The van der Waals surface area contributed by atoms with Gasteiger partial charge >= 0.3 is 6.03 Å². The van der Waals surface area contributed by atoms with E-state index in [4.69, 9.17) is 0 Å². The SMILES string of the molecule is Cc1cn2cc(NC(=O)N3CCc4c(N5CCN[C@@H](C6CC6)C5)ccnc43)c(F)cc2n1.Cl. The van der Waals surface area contributed by atoms with Crippen molar-refractivity contribution in [1.29, 1.82) is 0 Å². The van der Waals surface area contributed by atoms with Crippen LogP contribution in [-0.2, 0) is 6.42 Å². The second kappa shape index (κ2) is 8.46. The predicted molar refractivity (Wildman–Crippen MR) is 128 cm³/mol. The smallest absolute Gasteiger partial charge is 0.327 e. The standard InChI is InChI=1S/C23H26FN7O.ClH/c1-14-11-30-13-19(17(24)10-21(30)27-14)28-23(32)31-8-5-16-20(4-6-26-22(16)31)29-9-7-25-18(12-29)15-2-3-15;/h4,6,10-11,13,15,18,25H,2-3,5,7-9,12H2,1H3,(H,28,32);1H/t18-;/m1./s1. The number of nitrogens with one attached hydrogen (secondary N) is 2. The molecule has 2 fully saturated rings. The third kappa shape index (κ3) is 4.00. The maximum absolute atomic E-state index is 14.6. The number of piperazine rings is 1. The average molecular weight is 472 g/mol. The number of pyridine rings is 2. The van der Waals surface area contributed by atoms with E-state index in [2.05, 4.69) is 31.6 Å². The zero-order valence-electron chi connectivity index (χ0n) is 18.4. The van der Waals surface area contributed by atoms with Gasteiger partial charge in [-0.1, -0.05) is 0 Å². The largest absolute Gasteiger partial charge is 0.368 e. The third-order valence-electron chi connectivity index (χ3n) is 6.74. The van der Waals surface area contributed by atoms with Crippen molar-refractivity contribution in [3.05, 3.63) is 47.8 Å². The van der Waals surface area contributed by atoms with Crippen LogP contribution in [0.1, 0.15) is 24.1 Å². The Morgan fingerprint density at radius 3 is 2.94 bits per heavy atom. The fourth-order valence-electron chi connectivity index (χ4n) is 4.99. The molecule has 0 aromatic carbocycles. The highest BCUT2D eigenvalue weighted by molar-refractivity contribution is 6.03. The molecule has 3 aromatic rings. The molecule has 33 heavy (non-hydrogen) atoms. The fourth-order valence-corrected chi connectivity index (χ4v) is 4.99. The number of carbonyl (C=O) groups excluding carboxylic acids is 1. The molecule has 0 radical (unpaired) electrons. The normalized spacial score (nSPS) is 20.0. The molecule has 0 spiro atoms. The average Bonchev–Trinajstić information content (AvgIpc) is 3.45. The zero-order valence-corrected chi connectivity index (χ0v) is 19.2. The first-order valence-corrected chi connectivity index (χ1v) is 11.3. The Bertz CT molecular complexity index is 1210. The molecule has 5 heterocycles. The molecule has 0 unspecified atom stereocenters. The van der Waals surface area contributed by atoms with Crippen molar-refractivity contribution >= 4 is 41.3 Å². The Balaban J connectivity index is 0.00000228. The number of amides is 2. The minimum atomic E-state index is -0.510. The maximum atomic E-state index is 14.6. The van der Waals surface area contributed by atoms with Gasteiger partial charge < -0.3 is 19.9 Å². The second-order valence-corrected chi connectivity index (χ2v) is 8.99. The van der Waals surface area contributed by atoms with Gasteiger partial charge in [0.2, 0.25) is 0 Å². The first-order valence-electron chi connectivity index (χ1n) is 11.3. The molecule has 3 aliphatic rings. The molecule has 0 bridgehead atoms. The highest BCUT2D eigenvalue weighted by Crippen LogP contribution is 2.37. The molecule has 1 aliphatic carbocycles. The number of urea groups is 1. The second-order valence-electron chi connectivity index (χ2n) is 8.99. The molecule has 2 N–H and O–H groups in total. The lowest BCUT2D eigenvalue weighted by molar-refractivity contribution is 0.257. The molecule has 2 amide bonds. The van der Waals surface area contributed by atoms with Crippen LogP contribution < -0.4 is 20.4 Å². The van der Waals surface area contributed by atoms with Gasteiger partial charge in [0.25, 0.3) is 0 Å². The van der Waals surface area contributed by atoms with Gasteiger partial charge in [-0.2, -0.15) is 0 Å². The zero-order chi connectivity index (χ0) is 21.8. The van der Waals surface area contributed by atoms with Crippen molar-refractivity contribution in [1.82, 2.24) is 19.7 Å². The summed E-state index contributed by atoms with van der Waals surface area (Å²) in [5.74, 6) is 0.951. The van der Waals surface area contributed by atoms with E-state index in [-0.39, 0.29) is 24.1 Å². The van der Waals surface area contributed by atoms with Crippen LogP contribution in [0.25, 0.3) is 5.65 Å². The first-order chi connectivity index (χ1) is 15.6. The molecular weight excluding hydrogens is 445 g/mol. The monoisotopic (exact) mass is 471 g/mol. The van der Waals surface area contributed by atoms with Gasteiger partial charge in [-0.05, 0) is 38.2 Å². The van der Waals surface area contributed by atoms with E-state index < -0.39 is 5.82 Å². The molecular formula is C23H27ClFN7O. The van der Waals surface area contributed by atoms with Crippen molar-refractivity contribution in [2.45, 2.75) is 32.2 Å². The highest BCUT2D eigenvalue weighted by atomic mass is 35.5. The Morgan fingerprint density at radius 2 is 2.12 bits per heavy atom. The molecule has 6 rings (SSSR count). The summed E-state index contributed by atoms with van der Waals surface area (Å²) in [6.07, 6.45) is 8.50. The number of halogens is 2. The summed E-state index contributed by atoms with van der Waals surface area (Å²) in [6, 6.07) is 3.56. The number of anilines is 3. The lowest BCUT2D eigenvalue weighted by atomic mass is 10.1. The Hall–Kier alpha value is -2.91. The molecule has 2 aliphatic heterocycles. The van der Waals surface area contributed by atoms with Gasteiger partial charge in [0.1, 0.15) is 11.5 Å². The van der Waals surface area contributed by atoms with Crippen LogP contribution in [0.4, 0.5) is 26.4 Å². The number of fused-ring (bicyclic) bond motifs is 2. The summed E-state index contributed by atoms with van der Waals surface area (Å²) >= 11 is 0. The molecule has 1 atom stereocenters. The summed E-state index contributed by atoms with van der Waals surface area (Å²) in [5, 5.41) is 6.37. The molecule has 10 heteroatoms.